The van der Waals surface area contributed by atoms with Crippen LogP contribution in [0.2, 0.25) is 0 Å². The second-order valence-corrected chi connectivity index (χ2v) is 14.8. The molecule has 7 nitrogen and oxygen atoms in total. The molecule has 2 unspecified atom stereocenters. The number of unbranched alkanes of at least 4 members (excludes halogenated alkanes) is 21. The summed E-state index contributed by atoms with van der Waals surface area (Å²) in [5, 5.41) is 30.4. The van der Waals surface area contributed by atoms with Crippen LogP contribution in [0, 0.1) is 0 Å². The monoisotopic (exact) mass is 735 g/mol. The van der Waals surface area contributed by atoms with E-state index in [0.717, 1.165) is 38.5 Å². The smallest absolute Gasteiger partial charge is 0.305 e. The average molecular weight is 735 g/mol. The number of aliphatic hydroxyl groups excluding tert-OH is 3. The molecule has 0 fully saturated rings. The standard InChI is InChI=1S/C45H82O7/c1-3-5-7-9-11-13-15-17-18-19-20-21-22-23-25-27-29-31-33-37-44(49)51-39-41(46)40-52-45(50)38-34-36-43(48)42(47)35-32-30-28-26-24-16-14-12-10-8-6-4-2/h12,14,24,26,30,32,41-43,46-48H,3-11,13,15-23,25,27-29,31,33-40H2,1-2H3/b14-12-,26-24-,32-30-/t41-,42?,43?/m1/s1. The first kappa shape index (κ1) is 50.0. The summed E-state index contributed by atoms with van der Waals surface area (Å²) in [4.78, 5) is 24.0. The van der Waals surface area contributed by atoms with Gasteiger partial charge in [-0.25, -0.2) is 0 Å². The van der Waals surface area contributed by atoms with E-state index in [9.17, 15) is 24.9 Å². The van der Waals surface area contributed by atoms with Gasteiger partial charge in [0, 0.05) is 12.8 Å². The molecule has 0 amide bonds. The predicted octanol–water partition coefficient (Wildman–Crippen LogP) is 11.6. The quantitative estimate of drug-likeness (QED) is 0.0327. The molecular weight excluding hydrogens is 652 g/mol. The molecule has 0 aromatic heterocycles. The molecule has 0 rings (SSSR count). The number of hydrogen-bond acceptors (Lipinski definition) is 7. The van der Waals surface area contributed by atoms with Crippen LogP contribution in [-0.4, -0.2) is 58.8 Å². The normalized spacial score (nSPS) is 13.7. The molecule has 3 atom stereocenters. The van der Waals surface area contributed by atoms with Crippen LogP contribution in [0.25, 0.3) is 0 Å². The summed E-state index contributed by atoms with van der Waals surface area (Å²) in [6.45, 7) is 4.04. The Balaban J connectivity index is 3.61. The third-order valence-electron chi connectivity index (χ3n) is 9.58. The Bertz CT molecular complexity index is 868. The molecule has 0 aliphatic rings. The number of hydrogen-bond donors (Lipinski definition) is 3. The fraction of sp³-hybridized carbons (Fsp3) is 0.822. The third-order valence-corrected chi connectivity index (χ3v) is 9.58. The predicted molar refractivity (Wildman–Crippen MR) is 217 cm³/mol. The number of carbonyl (C=O) groups excluding carboxylic acids is 2. The number of esters is 2. The van der Waals surface area contributed by atoms with Gasteiger partial charge in [-0.3, -0.25) is 9.59 Å². The molecule has 0 radical (unpaired) electrons. The highest BCUT2D eigenvalue weighted by Crippen LogP contribution is 2.15. The highest BCUT2D eigenvalue weighted by Gasteiger charge is 2.16. The molecule has 0 saturated carbocycles. The summed E-state index contributed by atoms with van der Waals surface area (Å²) >= 11 is 0. The molecular formula is C45H82O7. The maximum atomic E-state index is 12.0. The highest BCUT2D eigenvalue weighted by atomic mass is 16.6. The minimum absolute atomic E-state index is 0.0728. The van der Waals surface area contributed by atoms with Crippen molar-refractivity contribution >= 4 is 11.9 Å². The zero-order valence-corrected chi connectivity index (χ0v) is 33.8. The van der Waals surface area contributed by atoms with Crippen LogP contribution in [0.5, 0.6) is 0 Å². The molecule has 304 valence electrons. The van der Waals surface area contributed by atoms with Crippen LogP contribution in [0.4, 0.5) is 0 Å². The number of carbonyl (C=O) groups is 2. The van der Waals surface area contributed by atoms with Gasteiger partial charge in [0.05, 0.1) is 12.2 Å². The van der Waals surface area contributed by atoms with Crippen molar-refractivity contribution in [3.63, 3.8) is 0 Å². The fourth-order valence-corrected chi connectivity index (χ4v) is 6.13. The lowest BCUT2D eigenvalue weighted by Crippen LogP contribution is -2.26. The van der Waals surface area contributed by atoms with Gasteiger partial charge in [0.15, 0.2) is 0 Å². The van der Waals surface area contributed by atoms with Crippen LogP contribution in [-0.2, 0) is 19.1 Å². The molecule has 52 heavy (non-hydrogen) atoms. The van der Waals surface area contributed by atoms with Crippen LogP contribution in [0.3, 0.4) is 0 Å². The second-order valence-electron chi connectivity index (χ2n) is 14.8. The van der Waals surface area contributed by atoms with Gasteiger partial charge in [0.25, 0.3) is 0 Å². The van der Waals surface area contributed by atoms with Gasteiger partial charge in [-0.05, 0) is 51.4 Å². The first-order chi connectivity index (χ1) is 25.4. The summed E-state index contributed by atoms with van der Waals surface area (Å²) in [6.07, 6.45) is 42.4. The first-order valence-corrected chi connectivity index (χ1v) is 21.7. The van der Waals surface area contributed by atoms with E-state index < -0.39 is 24.3 Å². The Morgan fingerprint density at radius 3 is 1.33 bits per heavy atom. The molecule has 0 aliphatic heterocycles. The molecule has 0 aliphatic carbocycles. The number of allylic oxidation sites excluding steroid dienone is 5. The van der Waals surface area contributed by atoms with Crippen LogP contribution in [0.1, 0.15) is 206 Å². The molecule has 0 heterocycles. The maximum absolute atomic E-state index is 12.0. The SMILES string of the molecule is CCCCC/C=C\C/C=C\C/C=C\CC(O)C(O)CCCC(=O)OC[C@H](O)COC(=O)CCCCCCCCCCCCCCCCCCCCC. The minimum atomic E-state index is -1.07. The lowest BCUT2D eigenvalue weighted by molar-refractivity contribution is -0.152. The van der Waals surface area contributed by atoms with E-state index in [2.05, 4.69) is 38.2 Å². The van der Waals surface area contributed by atoms with Gasteiger partial charge in [0.1, 0.15) is 19.3 Å². The van der Waals surface area contributed by atoms with Crippen molar-refractivity contribution in [3.8, 4) is 0 Å². The summed E-state index contributed by atoms with van der Waals surface area (Å²) < 4.78 is 10.2. The zero-order valence-electron chi connectivity index (χ0n) is 33.8. The lowest BCUT2D eigenvalue weighted by atomic mass is 10.0. The Hall–Kier alpha value is -1.96. The van der Waals surface area contributed by atoms with Crippen molar-refractivity contribution in [3.05, 3.63) is 36.5 Å². The van der Waals surface area contributed by atoms with E-state index in [1.807, 2.05) is 12.2 Å². The van der Waals surface area contributed by atoms with Gasteiger partial charge in [-0.15, -0.1) is 0 Å². The first-order valence-electron chi connectivity index (χ1n) is 21.7. The van der Waals surface area contributed by atoms with E-state index in [0.29, 0.717) is 19.3 Å². The highest BCUT2D eigenvalue weighted by molar-refractivity contribution is 5.69. The summed E-state index contributed by atoms with van der Waals surface area (Å²) in [5.41, 5.74) is 0. The number of ether oxygens (including phenoxy) is 2. The Morgan fingerprint density at radius 2 is 0.846 bits per heavy atom. The minimum Gasteiger partial charge on any atom is -0.463 e. The van der Waals surface area contributed by atoms with E-state index in [-0.39, 0.29) is 32.0 Å². The topological polar surface area (TPSA) is 113 Å². The Labute approximate surface area is 320 Å². The van der Waals surface area contributed by atoms with Crippen molar-refractivity contribution < 1.29 is 34.4 Å². The van der Waals surface area contributed by atoms with Gasteiger partial charge in [0.2, 0.25) is 0 Å². The van der Waals surface area contributed by atoms with E-state index in [1.54, 1.807) is 0 Å². The van der Waals surface area contributed by atoms with Crippen molar-refractivity contribution in [2.75, 3.05) is 13.2 Å². The van der Waals surface area contributed by atoms with E-state index >= 15 is 0 Å². The molecule has 0 aromatic rings. The molecule has 0 bridgehead atoms. The third kappa shape index (κ3) is 37.8. The second kappa shape index (κ2) is 40.2. The Morgan fingerprint density at radius 1 is 0.462 bits per heavy atom. The number of rotatable bonds is 39. The average Bonchev–Trinajstić information content (AvgIpc) is 3.14. The van der Waals surface area contributed by atoms with Crippen molar-refractivity contribution in [1.29, 1.82) is 0 Å². The van der Waals surface area contributed by atoms with Crippen molar-refractivity contribution in [1.82, 2.24) is 0 Å². The van der Waals surface area contributed by atoms with E-state index in [1.165, 1.54) is 122 Å². The van der Waals surface area contributed by atoms with Gasteiger partial charge >= 0.3 is 11.9 Å². The summed E-state index contributed by atoms with van der Waals surface area (Å²) in [5.74, 6) is -0.833. The molecule has 7 heteroatoms. The van der Waals surface area contributed by atoms with Gasteiger partial charge in [-0.1, -0.05) is 179 Å². The van der Waals surface area contributed by atoms with Crippen molar-refractivity contribution in [2.24, 2.45) is 0 Å². The fourth-order valence-electron chi connectivity index (χ4n) is 6.13. The van der Waals surface area contributed by atoms with Gasteiger partial charge < -0.3 is 24.8 Å². The summed E-state index contributed by atoms with van der Waals surface area (Å²) in [7, 11) is 0. The van der Waals surface area contributed by atoms with Crippen LogP contribution < -0.4 is 0 Å². The summed E-state index contributed by atoms with van der Waals surface area (Å²) in [6, 6.07) is 0. The Kier molecular flexibility index (Phi) is 38.7. The maximum Gasteiger partial charge on any atom is 0.305 e. The lowest BCUT2D eigenvalue weighted by Gasteiger charge is -2.16. The molecule has 0 saturated heterocycles. The number of aliphatic hydroxyl groups is 3. The van der Waals surface area contributed by atoms with Gasteiger partial charge in [-0.2, -0.15) is 0 Å². The largest absolute Gasteiger partial charge is 0.463 e. The zero-order chi connectivity index (χ0) is 38.2. The molecule has 0 spiro atoms. The van der Waals surface area contributed by atoms with Crippen molar-refractivity contribution in [2.45, 2.75) is 225 Å². The molecule has 3 N–H and O–H groups in total. The van der Waals surface area contributed by atoms with Crippen LogP contribution in [0.15, 0.2) is 36.5 Å². The van der Waals surface area contributed by atoms with Crippen LogP contribution >= 0.6 is 0 Å². The molecule has 0 aromatic carbocycles. The van der Waals surface area contributed by atoms with E-state index in [4.69, 9.17) is 9.47 Å².